The topological polar surface area (TPSA) is 26.0 Å². The van der Waals surface area contributed by atoms with Crippen molar-refractivity contribution in [2.45, 2.75) is 19.4 Å². The Morgan fingerprint density at radius 2 is 1.77 bits per heavy atom. The first-order valence-corrected chi connectivity index (χ1v) is 5.03. The molecule has 0 heterocycles. The van der Waals surface area contributed by atoms with Crippen LogP contribution in [0.3, 0.4) is 0 Å². The predicted octanol–water partition coefficient (Wildman–Crippen LogP) is 3.54. The molecular weight excluding hydrogens is 228 g/mol. The highest BCUT2D eigenvalue weighted by Gasteiger charge is 2.10. The van der Waals surface area contributed by atoms with E-state index < -0.39 is 0 Å². The van der Waals surface area contributed by atoms with E-state index in [2.05, 4.69) is 0 Å². The summed E-state index contributed by atoms with van der Waals surface area (Å²) in [4.78, 5) is 0. The van der Waals surface area contributed by atoms with Crippen LogP contribution in [0.1, 0.15) is 12.5 Å². The van der Waals surface area contributed by atoms with Gasteiger partial charge in [-0.25, -0.2) is 0 Å². The van der Waals surface area contributed by atoms with E-state index in [1.807, 2.05) is 6.92 Å². The molecule has 72 valence electrons. The van der Waals surface area contributed by atoms with Gasteiger partial charge in [0.2, 0.25) is 0 Å². The molecule has 0 saturated carbocycles. The Morgan fingerprint density at radius 3 is 2.31 bits per heavy atom. The first-order chi connectivity index (χ1) is 6.02. The average Bonchev–Trinajstić information content (AvgIpc) is 2.05. The third-order valence-electron chi connectivity index (χ3n) is 1.67. The third kappa shape index (κ3) is 2.75. The van der Waals surface area contributed by atoms with Crippen molar-refractivity contribution >= 4 is 34.8 Å². The molecule has 1 nitrogen and oxygen atoms in total. The second-order valence-electron chi connectivity index (χ2n) is 3.00. The molecule has 0 aliphatic heterocycles. The van der Waals surface area contributed by atoms with E-state index in [9.17, 15) is 0 Å². The van der Waals surface area contributed by atoms with Gasteiger partial charge in [-0.3, -0.25) is 0 Å². The zero-order valence-electron chi connectivity index (χ0n) is 7.15. The van der Waals surface area contributed by atoms with Crippen LogP contribution in [0.4, 0.5) is 0 Å². The first kappa shape index (κ1) is 11.1. The SMILES string of the molecule is CC(N)Cc1c(Cl)ccc(Cl)c1Cl. The van der Waals surface area contributed by atoms with Gasteiger partial charge >= 0.3 is 0 Å². The van der Waals surface area contributed by atoms with Crippen LogP contribution < -0.4 is 5.73 Å². The van der Waals surface area contributed by atoms with E-state index in [0.29, 0.717) is 21.5 Å². The molecule has 2 N–H and O–H groups in total. The van der Waals surface area contributed by atoms with Crippen molar-refractivity contribution in [3.8, 4) is 0 Å². The zero-order chi connectivity index (χ0) is 10.0. The summed E-state index contributed by atoms with van der Waals surface area (Å²) in [6.07, 6.45) is 0.637. The fraction of sp³-hybridized carbons (Fsp3) is 0.333. The van der Waals surface area contributed by atoms with Gasteiger partial charge in [0.05, 0.1) is 10.0 Å². The van der Waals surface area contributed by atoms with Crippen molar-refractivity contribution in [3.05, 3.63) is 32.8 Å². The highest BCUT2D eigenvalue weighted by molar-refractivity contribution is 6.44. The number of benzene rings is 1. The van der Waals surface area contributed by atoms with Gasteiger partial charge in [-0.15, -0.1) is 0 Å². The lowest BCUT2D eigenvalue weighted by Gasteiger charge is -2.10. The fourth-order valence-corrected chi connectivity index (χ4v) is 1.78. The highest BCUT2D eigenvalue weighted by Crippen LogP contribution is 2.31. The number of hydrogen-bond donors (Lipinski definition) is 1. The maximum atomic E-state index is 5.97. The Labute approximate surface area is 92.8 Å². The molecule has 1 aromatic carbocycles. The summed E-state index contributed by atoms with van der Waals surface area (Å²) in [7, 11) is 0. The van der Waals surface area contributed by atoms with Gasteiger partial charge in [-0.05, 0) is 31.0 Å². The van der Waals surface area contributed by atoms with Gasteiger partial charge in [-0.1, -0.05) is 34.8 Å². The molecule has 1 unspecified atom stereocenters. The standard InChI is InChI=1S/C9H10Cl3N/c1-5(13)4-6-7(10)2-3-8(11)9(6)12/h2-3,5H,4,13H2,1H3. The minimum atomic E-state index is 0.0217. The summed E-state index contributed by atoms with van der Waals surface area (Å²) in [6.45, 7) is 1.90. The molecule has 4 heteroatoms. The van der Waals surface area contributed by atoms with Gasteiger partial charge < -0.3 is 5.73 Å². The molecule has 0 aliphatic rings. The van der Waals surface area contributed by atoms with Crippen molar-refractivity contribution in [2.75, 3.05) is 0 Å². The van der Waals surface area contributed by atoms with Crippen LogP contribution >= 0.6 is 34.8 Å². The lowest BCUT2D eigenvalue weighted by molar-refractivity contribution is 0.738. The van der Waals surface area contributed by atoms with E-state index in [1.165, 1.54) is 0 Å². The molecule has 1 aromatic rings. The smallest absolute Gasteiger partial charge is 0.0639 e. The summed E-state index contributed by atoms with van der Waals surface area (Å²) >= 11 is 17.8. The summed E-state index contributed by atoms with van der Waals surface area (Å²) in [5.74, 6) is 0. The van der Waals surface area contributed by atoms with Crippen LogP contribution in [0.15, 0.2) is 12.1 Å². The molecular formula is C9H10Cl3N. The Kier molecular flexibility index (Phi) is 3.87. The molecule has 1 atom stereocenters. The molecule has 0 amide bonds. The largest absolute Gasteiger partial charge is 0.328 e. The maximum absolute atomic E-state index is 5.97. The minimum absolute atomic E-state index is 0.0217. The molecule has 0 aliphatic carbocycles. The lowest BCUT2D eigenvalue weighted by Crippen LogP contribution is -2.18. The van der Waals surface area contributed by atoms with Gasteiger partial charge in [0.25, 0.3) is 0 Å². The quantitative estimate of drug-likeness (QED) is 0.784. The average molecular weight is 239 g/mol. The lowest BCUT2D eigenvalue weighted by atomic mass is 10.1. The van der Waals surface area contributed by atoms with Crippen molar-refractivity contribution in [1.82, 2.24) is 0 Å². The molecule has 0 fully saturated rings. The molecule has 0 saturated heterocycles. The number of rotatable bonds is 2. The molecule has 1 rings (SSSR count). The molecule has 0 radical (unpaired) electrons. The Bertz CT molecular complexity index is 310. The molecule has 13 heavy (non-hydrogen) atoms. The number of halogens is 3. The first-order valence-electron chi connectivity index (χ1n) is 3.90. The maximum Gasteiger partial charge on any atom is 0.0639 e. The van der Waals surface area contributed by atoms with Gasteiger partial charge in [0.1, 0.15) is 0 Å². The minimum Gasteiger partial charge on any atom is -0.328 e. The molecule has 0 bridgehead atoms. The zero-order valence-corrected chi connectivity index (χ0v) is 9.42. The summed E-state index contributed by atoms with van der Waals surface area (Å²) < 4.78 is 0. The number of hydrogen-bond acceptors (Lipinski definition) is 1. The predicted molar refractivity (Wildman–Crippen MR) is 58.8 cm³/mol. The second-order valence-corrected chi connectivity index (χ2v) is 4.20. The van der Waals surface area contributed by atoms with Crippen LogP contribution in [0.25, 0.3) is 0 Å². The van der Waals surface area contributed by atoms with Crippen molar-refractivity contribution in [2.24, 2.45) is 5.73 Å². The van der Waals surface area contributed by atoms with Crippen LogP contribution in [0.5, 0.6) is 0 Å². The van der Waals surface area contributed by atoms with Crippen molar-refractivity contribution in [1.29, 1.82) is 0 Å². The normalized spacial score (nSPS) is 13.0. The molecule has 0 aromatic heterocycles. The summed E-state index contributed by atoms with van der Waals surface area (Å²) in [6, 6.07) is 3.43. The second kappa shape index (κ2) is 4.52. The summed E-state index contributed by atoms with van der Waals surface area (Å²) in [5.41, 5.74) is 6.48. The van der Waals surface area contributed by atoms with Crippen LogP contribution in [0.2, 0.25) is 15.1 Å². The fourth-order valence-electron chi connectivity index (χ4n) is 1.08. The van der Waals surface area contributed by atoms with Crippen molar-refractivity contribution in [3.63, 3.8) is 0 Å². The van der Waals surface area contributed by atoms with Gasteiger partial charge in [0, 0.05) is 11.1 Å². The third-order valence-corrected chi connectivity index (χ3v) is 2.86. The van der Waals surface area contributed by atoms with Crippen LogP contribution in [-0.2, 0) is 6.42 Å². The molecule has 0 spiro atoms. The number of nitrogens with two attached hydrogens (primary N) is 1. The van der Waals surface area contributed by atoms with E-state index in [-0.39, 0.29) is 6.04 Å². The van der Waals surface area contributed by atoms with E-state index >= 15 is 0 Å². The summed E-state index contributed by atoms with van der Waals surface area (Å²) in [5, 5.41) is 1.64. The van der Waals surface area contributed by atoms with Crippen LogP contribution in [-0.4, -0.2) is 6.04 Å². The van der Waals surface area contributed by atoms with E-state index in [4.69, 9.17) is 40.5 Å². The van der Waals surface area contributed by atoms with Crippen LogP contribution in [0, 0.1) is 0 Å². The van der Waals surface area contributed by atoms with E-state index in [1.54, 1.807) is 12.1 Å². The van der Waals surface area contributed by atoms with Gasteiger partial charge in [-0.2, -0.15) is 0 Å². The highest BCUT2D eigenvalue weighted by atomic mass is 35.5. The Hall–Kier alpha value is 0.0500. The van der Waals surface area contributed by atoms with Crippen molar-refractivity contribution < 1.29 is 0 Å². The Morgan fingerprint density at radius 1 is 1.23 bits per heavy atom. The Balaban J connectivity index is 3.10. The van der Waals surface area contributed by atoms with Gasteiger partial charge in [0.15, 0.2) is 0 Å². The van der Waals surface area contributed by atoms with E-state index in [0.717, 1.165) is 5.56 Å². The monoisotopic (exact) mass is 237 g/mol.